The third kappa shape index (κ3) is 4.18. The van der Waals surface area contributed by atoms with Crippen LogP contribution in [-0.4, -0.2) is 6.04 Å². The van der Waals surface area contributed by atoms with Gasteiger partial charge >= 0.3 is 0 Å². The Kier molecular flexibility index (Phi) is 5.06. The predicted molar refractivity (Wildman–Crippen MR) is 62.6 cm³/mol. The quantitative estimate of drug-likeness (QED) is 0.821. The molecule has 0 aromatic heterocycles. The van der Waals surface area contributed by atoms with Gasteiger partial charge in [-0.25, -0.2) is 4.39 Å². The highest BCUT2D eigenvalue weighted by Crippen LogP contribution is 2.17. The van der Waals surface area contributed by atoms with Crippen LogP contribution >= 0.6 is 11.6 Å². The molecule has 0 saturated carbocycles. The molecule has 1 aromatic rings. The standard InChI is InChI=1S/C12H17ClFN/c1-2-10(15)5-3-4-9-6-7-12(14)11(13)8-9/h6-8,10H,2-5,15H2,1H3. The van der Waals surface area contributed by atoms with Gasteiger partial charge in [0, 0.05) is 6.04 Å². The third-order valence-corrected chi connectivity index (χ3v) is 2.84. The second-order valence-corrected chi connectivity index (χ2v) is 4.22. The molecule has 15 heavy (non-hydrogen) atoms. The minimum atomic E-state index is -0.356. The van der Waals surface area contributed by atoms with Gasteiger partial charge in [-0.3, -0.25) is 0 Å². The maximum atomic E-state index is 12.9. The average molecular weight is 230 g/mol. The summed E-state index contributed by atoms with van der Waals surface area (Å²) >= 11 is 5.68. The molecule has 0 fully saturated rings. The van der Waals surface area contributed by atoms with Crippen molar-refractivity contribution in [2.45, 2.75) is 38.6 Å². The van der Waals surface area contributed by atoms with Gasteiger partial charge in [0.25, 0.3) is 0 Å². The fraction of sp³-hybridized carbons (Fsp3) is 0.500. The highest BCUT2D eigenvalue weighted by Gasteiger charge is 2.02. The topological polar surface area (TPSA) is 26.0 Å². The van der Waals surface area contributed by atoms with Crippen LogP contribution in [0.5, 0.6) is 0 Å². The summed E-state index contributed by atoms with van der Waals surface area (Å²) in [5.74, 6) is -0.356. The second kappa shape index (κ2) is 6.09. The second-order valence-electron chi connectivity index (χ2n) is 3.81. The molecule has 0 bridgehead atoms. The van der Waals surface area contributed by atoms with Gasteiger partial charge < -0.3 is 5.73 Å². The number of hydrogen-bond donors (Lipinski definition) is 1. The van der Waals surface area contributed by atoms with Gasteiger partial charge in [-0.15, -0.1) is 0 Å². The summed E-state index contributed by atoms with van der Waals surface area (Å²) in [7, 11) is 0. The summed E-state index contributed by atoms with van der Waals surface area (Å²) in [6, 6.07) is 5.16. The number of benzene rings is 1. The highest BCUT2D eigenvalue weighted by molar-refractivity contribution is 6.30. The molecular weight excluding hydrogens is 213 g/mol. The molecule has 1 rings (SSSR count). The van der Waals surface area contributed by atoms with Crippen LogP contribution < -0.4 is 5.73 Å². The van der Waals surface area contributed by atoms with Crippen LogP contribution in [-0.2, 0) is 6.42 Å². The van der Waals surface area contributed by atoms with Crippen molar-refractivity contribution in [3.63, 3.8) is 0 Å². The number of hydrogen-bond acceptors (Lipinski definition) is 1. The zero-order valence-electron chi connectivity index (χ0n) is 8.97. The van der Waals surface area contributed by atoms with E-state index < -0.39 is 0 Å². The summed E-state index contributed by atoms with van der Waals surface area (Å²) < 4.78 is 12.9. The Hall–Kier alpha value is -0.600. The summed E-state index contributed by atoms with van der Waals surface area (Å²) in [5, 5.41) is 0.201. The molecule has 1 aromatic carbocycles. The van der Waals surface area contributed by atoms with Crippen LogP contribution in [0.4, 0.5) is 4.39 Å². The lowest BCUT2D eigenvalue weighted by atomic mass is 10.0. The summed E-state index contributed by atoms with van der Waals surface area (Å²) in [6.07, 6.45) is 3.94. The van der Waals surface area contributed by atoms with Gasteiger partial charge in [-0.1, -0.05) is 24.6 Å². The SMILES string of the molecule is CCC(N)CCCc1ccc(F)c(Cl)c1. The molecule has 1 atom stereocenters. The van der Waals surface area contributed by atoms with Crippen molar-refractivity contribution in [3.8, 4) is 0 Å². The lowest BCUT2D eigenvalue weighted by Gasteiger charge is -2.08. The minimum Gasteiger partial charge on any atom is -0.328 e. The Balaban J connectivity index is 2.41. The van der Waals surface area contributed by atoms with Crippen molar-refractivity contribution in [3.05, 3.63) is 34.6 Å². The summed E-state index contributed by atoms with van der Waals surface area (Å²) in [6.45, 7) is 2.08. The maximum Gasteiger partial charge on any atom is 0.141 e. The molecule has 0 saturated heterocycles. The highest BCUT2D eigenvalue weighted by atomic mass is 35.5. The fourth-order valence-electron chi connectivity index (χ4n) is 1.47. The molecule has 0 aliphatic heterocycles. The van der Waals surface area contributed by atoms with E-state index in [-0.39, 0.29) is 16.9 Å². The van der Waals surface area contributed by atoms with Crippen LogP contribution in [0.1, 0.15) is 31.7 Å². The van der Waals surface area contributed by atoms with E-state index in [1.807, 2.05) is 0 Å². The molecule has 0 aliphatic rings. The molecule has 0 amide bonds. The summed E-state index contributed by atoms with van der Waals surface area (Å²) in [5.41, 5.74) is 6.88. The number of rotatable bonds is 5. The van der Waals surface area contributed by atoms with Crippen molar-refractivity contribution < 1.29 is 4.39 Å². The van der Waals surface area contributed by atoms with Crippen LogP contribution in [0, 0.1) is 5.82 Å². The van der Waals surface area contributed by atoms with Crippen molar-refractivity contribution in [2.75, 3.05) is 0 Å². The smallest absolute Gasteiger partial charge is 0.141 e. The Morgan fingerprint density at radius 3 is 2.80 bits per heavy atom. The van der Waals surface area contributed by atoms with Gasteiger partial charge in [-0.05, 0) is 43.4 Å². The predicted octanol–water partition coefficient (Wildman–Crippen LogP) is 3.54. The number of nitrogens with two attached hydrogens (primary N) is 1. The molecule has 0 radical (unpaired) electrons. The molecule has 84 valence electrons. The molecule has 0 aliphatic carbocycles. The largest absolute Gasteiger partial charge is 0.328 e. The van der Waals surface area contributed by atoms with Crippen molar-refractivity contribution in [1.82, 2.24) is 0 Å². The molecule has 0 heterocycles. The lowest BCUT2D eigenvalue weighted by Crippen LogP contribution is -2.18. The van der Waals surface area contributed by atoms with Gasteiger partial charge in [0.1, 0.15) is 5.82 Å². The van der Waals surface area contributed by atoms with Crippen molar-refractivity contribution in [1.29, 1.82) is 0 Å². The van der Waals surface area contributed by atoms with E-state index in [1.54, 1.807) is 12.1 Å². The van der Waals surface area contributed by atoms with Gasteiger partial charge in [0.15, 0.2) is 0 Å². The first-order chi connectivity index (χ1) is 7.13. The summed E-state index contributed by atoms with van der Waals surface area (Å²) in [4.78, 5) is 0. The van der Waals surface area contributed by atoms with E-state index in [1.165, 1.54) is 6.07 Å². The van der Waals surface area contributed by atoms with Crippen molar-refractivity contribution in [2.24, 2.45) is 5.73 Å². The van der Waals surface area contributed by atoms with Crippen LogP contribution in [0.3, 0.4) is 0 Å². The Labute approximate surface area is 95.4 Å². The Morgan fingerprint density at radius 2 is 2.20 bits per heavy atom. The first kappa shape index (κ1) is 12.5. The minimum absolute atomic E-state index is 0.201. The normalized spacial score (nSPS) is 12.8. The zero-order chi connectivity index (χ0) is 11.3. The molecule has 3 heteroatoms. The zero-order valence-corrected chi connectivity index (χ0v) is 9.73. The average Bonchev–Trinajstić information content (AvgIpc) is 2.23. The molecule has 0 spiro atoms. The molecule has 2 N–H and O–H groups in total. The number of halogens is 2. The van der Waals surface area contributed by atoms with Gasteiger partial charge in [0.05, 0.1) is 5.02 Å². The van der Waals surface area contributed by atoms with E-state index in [4.69, 9.17) is 17.3 Å². The van der Waals surface area contributed by atoms with E-state index >= 15 is 0 Å². The third-order valence-electron chi connectivity index (χ3n) is 2.55. The van der Waals surface area contributed by atoms with Crippen LogP contribution in [0.15, 0.2) is 18.2 Å². The van der Waals surface area contributed by atoms with Crippen molar-refractivity contribution >= 4 is 11.6 Å². The van der Waals surface area contributed by atoms with E-state index in [0.29, 0.717) is 0 Å². The van der Waals surface area contributed by atoms with Gasteiger partial charge in [0.2, 0.25) is 0 Å². The Bertz CT molecular complexity index is 314. The monoisotopic (exact) mass is 229 g/mol. The number of aryl methyl sites for hydroxylation is 1. The van der Waals surface area contributed by atoms with E-state index in [0.717, 1.165) is 31.2 Å². The van der Waals surface area contributed by atoms with Crippen LogP contribution in [0.25, 0.3) is 0 Å². The van der Waals surface area contributed by atoms with E-state index in [2.05, 4.69) is 6.92 Å². The first-order valence-corrected chi connectivity index (χ1v) is 5.70. The molecule has 1 nitrogen and oxygen atoms in total. The van der Waals surface area contributed by atoms with E-state index in [9.17, 15) is 4.39 Å². The van der Waals surface area contributed by atoms with Gasteiger partial charge in [-0.2, -0.15) is 0 Å². The molecular formula is C12H17ClFN. The molecule has 1 unspecified atom stereocenters. The van der Waals surface area contributed by atoms with Crippen LogP contribution in [0.2, 0.25) is 5.02 Å². The Morgan fingerprint density at radius 1 is 1.47 bits per heavy atom. The lowest BCUT2D eigenvalue weighted by molar-refractivity contribution is 0.567. The maximum absolute atomic E-state index is 12.9. The first-order valence-electron chi connectivity index (χ1n) is 5.33. The fourth-order valence-corrected chi connectivity index (χ4v) is 1.67.